The molecule has 4 rings (SSSR count). The van der Waals surface area contributed by atoms with Crippen molar-refractivity contribution in [1.29, 1.82) is 0 Å². The van der Waals surface area contributed by atoms with E-state index >= 15 is 0 Å². The Morgan fingerprint density at radius 1 is 1.14 bits per heavy atom. The summed E-state index contributed by atoms with van der Waals surface area (Å²) in [6.45, 7) is 1.36. The van der Waals surface area contributed by atoms with Crippen LogP contribution in [0.15, 0.2) is 65.6 Å². The minimum atomic E-state index is -0.209. The molecule has 1 aromatic carbocycles. The maximum atomic E-state index is 12.8. The number of carbonyl (C=O) groups excluding carboxylic acids is 1. The molecular weight excluding hydrogens is 386 g/mol. The third kappa shape index (κ3) is 4.74. The topological polar surface area (TPSA) is 66.1 Å². The Labute approximate surface area is 174 Å². The van der Waals surface area contributed by atoms with Gasteiger partial charge in [0.05, 0.1) is 5.56 Å². The lowest BCUT2D eigenvalue weighted by molar-refractivity contribution is 0.0705. The zero-order valence-electron chi connectivity index (χ0n) is 16.0. The molecule has 3 heterocycles. The SMILES string of the molecule is O=C(c1ccc(=O)[nH]c1)N1CCCC(c2cccc(Cc3ccc(Cl)cc3)n2)C1. The molecule has 1 aliphatic heterocycles. The molecule has 1 atom stereocenters. The molecule has 0 saturated carbocycles. The van der Waals surface area contributed by atoms with E-state index in [0.29, 0.717) is 12.1 Å². The van der Waals surface area contributed by atoms with Crippen LogP contribution >= 0.6 is 11.6 Å². The summed E-state index contributed by atoms with van der Waals surface area (Å²) < 4.78 is 0. The molecule has 1 unspecified atom stereocenters. The highest BCUT2D eigenvalue weighted by atomic mass is 35.5. The van der Waals surface area contributed by atoms with E-state index in [9.17, 15) is 9.59 Å². The second kappa shape index (κ2) is 8.62. The number of H-pyrrole nitrogens is 1. The van der Waals surface area contributed by atoms with Gasteiger partial charge in [0.25, 0.3) is 5.91 Å². The number of aromatic amines is 1. The van der Waals surface area contributed by atoms with Gasteiger partial charge in [-0.05, 0) is 48.7 Å². The average Bonchev–Trinajstić information content (AvgIpc) is 2.76. The largest absolute Gasteiger partial charge is 0.338 e. The highest BCUT2D eigenvalue weighted by molar-refractivity contribution is 6.30. The second-order valence-corrected chi connectivity index (χ2v) is 7.83. The summed E-state index contributed by atoms with van der Waals surface area (Å²) >= 11 is 5.97. The van der Waals surface area contributed by atoms with Crippen LogP contribution in [0, 0.1) is 0 Å². The van der Waals surface area contributed by atoms with Crippen LogP contribution in [0.25, 0.3) is 0 Å². The number of benzene rings is 1. The highest BCUT2D eigenvalue weighted by Gasteiger charge is 2.26. The van der Waals surface area contributed by atoms with Gasteiger partial charge in [0, 0.05) is 54.1 Å². The number of nitrogens with zero attached hydrogens (tertiary/aromatic N) is 2. The van der Waals surface area contributed by atoms with Gasteiger partial charge in [-0.3, -0.25) is 14.6 Å². The Balaban J connectivity index is 1.48. The van der Waals surface area contributed by atoms with Crippen LogP contribution in [0.2, 0.25) is 5.02 Å². The number of halogens is 1. The van der Waals surface area contributed by atoms with Gasteiger partial charge in [-0.25, -0.2) is 0 Å². The molecule has 0 spiro atoms. The number of hydrogen-bond donors (Lipinski definition) is 1. The predicted molar refractivity (Wildman–Crippen MR) is 113 cm³/mol. The number of piperidine rings is 1. The van der Waals surface area contributed by atoms with Crippen LogP contribution in [-0.4, -0.2) is 33.9 Å². The second-order valence-electron chi connectivity index (χ2n) is 7.39. The molecule has 1 fully saturated rings. The number of pyridine rings is 2. The van der Waals surface area contributed by atoms with E-state index in [1.54, 1.807) is 6.07 Å². The molecule has 148 valence electrons. The number of nitrogens with one attached hydrogen (secondary N) is 1. The van der Waals surface area contributed by atoms with Crippen molar-refractivity contribution in [2.75, 3.05) is 13.1 Å². The quantitative estimate of drug-likeness (QED) is 0.709. The van der Waals surface area contributed by atoms with Crippen molar-refractivity contribution in [3.63, 3.8) is 0 Å². The van der Waals surface area contributed by atoms with Gasteiger partial charge in [-0.15, -0.1) is 0 Å². The van der Waals surface area contributed by atoms with E-state index in [0.717, 1.165) is 47.8 Å². The molecule has 1 amide bonds. The van der Waals surface area contributed by atoms with E-state index < -0.39 is 0 Å². The van der Waals surface area contributed by atoms with Crippen molar-refractivity contribution >= 4 is 17.5 Å². The summed E-state index contributed by atoms with van der Waals surface area (Å²) in [6, 6.07) is 16.9. The van der Waals surface area contributed by atoms with Crippen molar-refractivity contribution < 1.29 is 4.79 Å². The first-order chi connectivity index (χ1) is 14.1. The summed E-state index contributed by atoms with van der Waals surface area (Å²) in [5, 5.41) is 0.727. The molecule has 2 aromatic heterocycles. The van der Waals surface area contributed by atoms with Crippen molar-refractivity contribution in [3.8, 4) is 0 Å². The molecular formula is C23H22ClN3O2. The molecule has 0 radical (unpaired) electrons. The standard InChI is InChI=1S/C23H22ClN3O2/c24-19-9-6-16(7-10-19)13-20-4-1-5-21(26-20)18-3-2-12-27(15-18)23(29)17-8-11-22(28)25-14-17/h1,4-11,14,18H,2-3,12-13,15H2,(H,25,28). The average molecular weight is 408 g/mol. The van der Waals surface area contributed by atoms with Gasteiger partial charge in [0.1, 0.15) is 0 Å². The summed E-state index contributed by atoms with van der Waals surface area (Å²) in [4.78, 5) is 33.3. The summed E-state index contributed by atoms with van der Waals surface area (Å²) in [5.74, 6) is 0.156. The summed E-state index contributed by atoms with van der Waals surface area (Å²) in [5.41, 5.74) is 3.50. The minimum absolute atomic E-state index is 0.0525. The van der Waals surface area contributed by atoms with E-state index in [2.05, 4.69) is 4.98 Å². The smallest absolute Gasteiger partial charge is 0.255 e. The zero-order chi connectivity index (χ0) is 20.2. The number of rotatable bonds is 4. The lowest BCUT2D eigenvalue weighted by Crippen LogP contribution is -2.39. The van der Waals surface area contributed by atoms with Crippen molar-refractivity contribution in [3.05, 3.63) is 98.7 Å². The van der Waals surface area contributed by atoms with Crippen LogP contribution in [-0.2, 0) is 6.42 Å². The van der Waals surface area contributed by atoms with E-state index in [1.165, 1.54) is 12.3 Å². The molecule has 6 heteroatoms. The number of carbonyl (C=O) groups is 1. The molecule has 1 aliphatic rings. The van der Waals surface area contributed by atoms with Gasteiger partial charge in [-0.1, -0.05) is 29.8 Å². The third-order valence-corrected chi connectivity index (χ3v) is 5.54. The Morgan fingerprint density at radius 2 is 1.97 bits per heavy atom. The summed E-state index contributed by atoms with van der Waals surface area (Å²) in [6.07, 6.45) is 4.17. The number of amides is 1. The van der Waals surface area contributed by atoms with Crippen molar-refractivity contribution in [2.45, 2.75) is 25.2 Å². The van der Waals surface area contributed by atoms with Crippen molar-refractivity contribution in [1.82, 2.24) is 14.9 Å². The maximum Gasteiger partial charge on any atom is 0.255 e. The van der Waals surface area contributed by atoms with Crippen LogP contribution in [0.5, 0.6) is 0 Å². The van der Waals surface area contributed by atoms with Crippen LogP contribution in [0.4, 0.5) is 0 Å². The number of hydrogen-bond acceptors (Lipinski definition) is 3. The van der Waals surface area contributed by atoms with E-state index in [1.807, 2.05) is 47.4 Å². The number of aromatic nitrogens is 2. The maximum absolute atomic E-state index is 12.8. The molecule has 0 bridgehead atoms. The van der Waals surface area contributed by atoms with E-state index in [4.69, 9.17) is 16.6 Å². The highest BCUT2D eigenvalue weighted by Crippen LogP contribution is 2.27. The zero-order valence-corrected chi connectivity index (χ0v) is 16.7. The van der Waals surface area contributed by atoms with Gasteiger partial charge < -0.3 is 9.88 Å². The fourth-order valence-corrected chi connectivity index (χ4v) is 3.89. The van der Waals surface area contributed by atoms with Crippen LogP contribution < -0.4 is 5.56 Å². The first kappa shape index (κ1) is 19.4. The van der Waals surface area contributed by atoms with E-state index in [-0.39, 0.29) is 17.4 Å². The van der Waals surface area contributed by atoms with Gasteiger partial charge in [-0.2, -0.15) is 0 Å². The lowest BCUT2D eigenvalue weighted by atomic mass is 9.93. The van der Waals surface area contributed by atoms with Gasteiger partial charge in [0.15, 0.2) is 0 Å². The van der Waals surface area contributed by atoms with Crippen LogP contribution in [0.3, 0.4) is 0 Å². The fourth-order valence-electron chi connectivity index (χ4n) is 3.76. The number of likely N-dealkylation sites (tertiary alicyclic amines) is 1. The lowest BCUT2D eigenvalue weighted by Gasteiger charge is -2.32. The van der Waals surface area contributed by atoms with Crippen molar-refractivity contribution in [2.24, 2.45) is 0 Å². The minimum Gasteiger partial charge on any atom is -0.338 e. The normalized spacial score (nSPS) is 16.6. The Morgan fingerprint density at radius 3 is 2.72 bits per heavy atom. The predicted octanol–water partition coefficient (Wildman–Crippen LogP) is 4.03. The fraction of sp³-hybridized carbons (Fsp3) is 0.261. The van der Waals surface area contributed by atoms with Gasteiger partial charge in [0.2, 0.25) is 5.56 Å². The Hall–Kier alpha value is -2.92. The molecule has 29 heavy (non-hydrogen) atoms. The third-order valence-electron chi connectivity index (χ3n) is 5.28. The molecule has 1 saturated heterocycles. The first-order valence-electron chi connectivity index (χ1n) is 9.77. The first-order valence-corrected chi connectivity index (χ1v) is 10.1. The summed E-state index contributed by atoms with van der Waals surface area (Å²) in [7, 11) is 0. The monoisotopic (exact) mass is 407 g/mol. The molecule has 5 nitrogen and oxygen atoms in total. The molecule has 1 N–H and O–H groups in total. The Kier molecular flexibility index (Phi) is 5.76. The molecule has 0 aliphatic carbocycles. The van der Waals surface area contributed by atoms with Crippen LogP contribution in [0.1, 0.15) is 46.1 Å². The molecule has 3 aromatic rings. The van der Waals surface area contributed by atoms with Gasteiger partial charge >= 0.3 is 0 Å². The Bertz CT molecular complexity index is 1040.